The molecule has 0 aromatic heterocycles. The Bertz CT molecular complexity index is 1750. The number of unbranched alkanes of at least 4 members (excludes halogenated alkanes) is 29. The smallest absolute Gasteiger partial charge is 0.306 e. The van der Waals surface area contributed by atoms with Crippen molar-refractivity contribution in [2.24, 2.45) is 0 Å². The number of carbonyl (C=O) groups is 3. The van der Waals surface area contributed by atoms with Gasteiger partial charge in [0.2, 0.25) is 0 Å². The Morgan fingerprint density at radius 3 is 0.771 bits per heavy atom. The Labute approximate surface area is 513 Å². The fourth-order valence-electron chi connectivity index (χ4n) is 9.47. The number of esters is 3. The van der Waals surface area contributed by atoms with Crippen molar-refractivity contribution in [2.75, 3.05) is 13.2 Å². The second-order valence-corrected chi connectivity index (χ2v) is 22.7. The monoisotopic (exact) mass is 1150 g/mol. The number of hydrogen-bond acceptors (Lipinski definition) is 6. The molecule has 0 N–H and O–H groups in total. The molecule has 0 aliphatic carbocycles. The lowest BCUT2D eigenvalue weighted by Gasteiger charge is -2.18. The van der Waals surface area contributed by atoms with Crippen LogP contribution in [-0.2, 0) is 28.6 Å². The van der Waals surface area contributed by atoms with Crippen LogP contribution in [0.5, 0.6) is 0 Å². The number of allylic oxidation sites excluding steroid dienone is 22. The van der Waals surface area contributed by atoms with Gasteiger partial charge in [0, 0.05) is 19.3 Å². The Morgan fingerprint density at radius 1 is 0.253 bits per heavy atom. The highest BCUT2D eigenvalue weighted by Gasteiger charge is 2.19. The molecule has 0 aliphatic rings. The van der Waals surface area contributed by atoms with E-state index in [9.17, 15) is 14.4 Å². The minimum absolute atomic E-state index is 0.0961. The topological polar surface area (TPSA) is 78.9 Å². The number of carbonyl (C=O) groups excluding carboxylic acids is 3. The van der Waals surface area contributed by atoms with E-state index in [1.165, 1.54) is 148 Å². The third-order valence-electron chi connectivity index (χ3n) is 14.6. The van der Waals surface area contributed by atoms with Gasteiger partial charge in [-0.2, -0.15) is 0 Å². The zero-order chi connectivity index (χ0) is 59.9. The predicted molar refractivity (Wildman–Crippen MR) is 362 cm³/mol. The molecule has 0 spiro atoms. The zero-order valence-corrected chi connectivity index (χ0v) is 54.2. The van der Waals surface area contributed by atoms with Crippen molar-refractivity contribution in [1.29, 1.82) is 0 Å². The highest BCUT2D eigenvalue weighted by molar-refractivity contribution is 5.71. The van der Waals surface area contributed by atoms with Crippen LogP contribution in [0.15, 0.2) is 134 Å². The van der Waals surface area contributed by atoms with Gasteiger partial charge >= 0.3 is 17.9 Å². The van der Waals surface area contributed by atoms with Crippen LogP contribution in [0.3, 0.4) is 0 Å². The van der Waals surface area contributed by atoms with E-state index in [0.29, 0.717) is 25.7 Å². The first-order chi connectivity index (χ1) is 41.0. The molecule has 0 rings (SSSR count). The number of ether oxygens (including phenoxy) is 3. The molecule has 0 aromatic carbocycles. The molecular weight excluding hydrogens is 1020 g/mol. The van der Waals surface area contributed by atoms with E-state index in [-0.39, 0.29) is 31.1 Å². The van der Waals surface area contributed by atoms with Crippen LogP contribution in [0.1, 0.15) is 316 Å². The van der Waals surface area contributed by atoms with Crippen molar-refractivity contribution >= 4 is 17.9 Å². The van der Waals surface area contributed by atoms with Gasteiger partial charge in [-0.25, -0.2) is 0 Å². The Kier molecular flexibility index (Phi) is 66.3. The summed E-state index contributed by atoms with van der Waals surface area (Å²) in [5.74, 6) is -0.940. The van der Waals surface area contributed by atoms with Crippen LogP contribution in [0.2, 0.25) is 0 Å². The van der Waals surface area contributed by atoms with Crippen LogP contribution in [-0.4, -0.2) is 37.2 Å². The molecular formula is C77H128O6. The summed E-state index contributed by atoms with van der Waals surface area (Å²) < 4.78 is 16.9. The van der Waals surface area contributed by atoms with Crippen molar-refractivity contribution < 1.29 is 28.6 Å². The number of hydrogen-bond donors (Lipinski definition) is 0. The van der Waals surface area contributed by atoms with Gasteiger partial charge in [0.05, 0.1) is 0 Å². The molecule has 0 fully saturated rings. The summed E-state index contributed by atoms with van der Waals surface area (Å²) in [5.41, 5.74) is 0. The standard InChI is InChI=1S/C77H128O6/c1-4-7-10-13-16-19-22-25-28-30-32-33-34-35-36-37-38-39-40-41-42-43-44-45-46-48-49-52-55-58-61-64-67-70-76(79)82-73-74(72-81-75(78)69-66-63-60-57-54-51-27-24-21-18-15-12-9-6-3)83-77(80)71-68-65-62-59-56-53-50-47-31-29-26-23-20-17-14-11-8-5-2/h7,10,16,19,24-25,27-28,32-33,35-36,38-39,41-42,44-45,48-49,55,58,74H,4-6,8-9,11-15,17-18,20-23,26,29-31,34,37,40,43,46-47,50-54,56-57,59-73H2,1-3H3/b10-7-,19-16-,27-24-,28-25-,33-32-,36-35-,39-38-,42-41-,45-44-,49-48-,58-55-. The first-order valence-electron chi connectivity index (χ1n) is 34.7. The van der Waals surface area contributed by atoms with Gasteiger partial charge in [-0.05, 0) is 122 Å². The first-order valence-corrected chi connectivity index (χ1v) is 34.7. The molecule has 0 saturated carbocycles. The summed E-state index contributed by atoms with van der Waals surface area (Å²) in [6.45, 7) is 6.50. The summed E-state index contributed by atoms with van der Waals surface area (Å²) in [6.07, 6.45) is 99.0. The van der Waals surface area contributed by atoms with E-state index >= 15 is 0 Å². The Hall–Kier alpha value is -4.45. The van der Waals surface area contributed by atoms with Gasteiger partial charge in [0.1, 0.15) is 13.2 Å². The molecule has 472 valence electrons. The SMILES string of the molecule is CC/C=C\C/C=C\C/C=C\C/C=C\C/C=C\C/C=C\C/C=C\C/C=C\C/C=C\C/C=C\CCCCC(=O)OCC(COC(=O)CCCCCCC/C=C\CCCCCCC)OC(=O)CCCCCCCCCCCCCCCCCCCC. The van der Waals surface area contributed by atoms with E-state index < -0.39 is 6.10 Å². The molecule has 0 aromatic rings. The highest BCUT2D eigenvalue weighted by Crippen LogP contribution is 2.16. The molecule has 0 radical (unpaired) electrons. The Morgan fingerprint density at radius 2 is 0.470 bits per heavy atom. The van der Waals surface area contributed by atoms with Crippen molar-refractivity contribution in [3.05, 3.63) is 134 Å². The van der Waals surface area contributed by atoms with E-state index in [2.05, 4.69) is 154 Å². The summed E-state index contributed by atoms with van der Waals surface area (Å²) in [4.78, 5) is 38.4. The largest absolute Gasteiger partial charge is 0.462 e. The number of rotatable bonds is 62. The van der Waals surface area contributed by atoms with Crippen molar-refractivity contribution in [2.45, 2.75) is 322 Å². The van der Waals surface area contributed by atoms with E-state index in [4.69, 9.17) is 14.2 Å². The second-order valence-electron chi connectivity index (χ2n) is 22.7. The molecule has 0 bridgehead atoms. The zero-order valence-electron chi connectivity index (χ0n) is 54.2. The fourth-order valence-corrected chi connectivity index (χ4v) is 9.47. The lowest BCUT2D eigenvalue weighted by atomic mass is 10.0. The van der Waals surface area contributed by atoms with Gasteiger partial charge in [-0.15, -0.1) is 0 Å². The van der Waals surface area contributed by atoms with Crippen LogP contribution in [0.4, 0.5) is 0 Å². The third kappa shape index (κ3) is 68.2. The maximum Gasteiger partial charge on any atom is 0.306 e. The van der Waals surface area contributed by atoms with Crippen molar-refractivity contribution in [3.8, 4) is 0 Å². The Balaban J connectivity index is 4.39. The van der Waals surface area contributed by atoms with Crippen LogP contribution >= 0.6 is 0 Å². The molecule has 1 unspecified atom stereocenters. The van der Waals surface area contributed by atoms with E-state index in [1.54, 1.807) is 0 Å². The molecule has 6 heteroatoms. The maximum absolute atomic E-state index is 12.9. The van der Waals surface area contributed by atoms with Crippen LogP contribution in [0.25, 0.3) is 0 Å². The normalized spacial score (nSPS) is 13.0. The third-order valence-corrected chi connectivity index (χ3v) is 14.6. The van der Waals surface area contributed by atoms with E-state index in [0.717, 1.165) is 122 Å². The molecule has 0 amide bonds. The average Bonchev–Trinajstić information content (AvgIpc) is 3.49. The highest BCUT2D eigenvalue weighted by atomic mass is 16.6. The summed E-state index contributed by atoms with van der Waals surface area (Å²) in [5, 5.41) is 0. The fraction of sp³-hybridized carbons (Fsp3) is 0.675. The maximum atomic E-state index is 12.9. The van der Waals surface area contributed by atoms with Crippen molar-refractivity contribution in [1.82, 2.24) is 0 Å². The molecule has 83 heavy (non-hydrogen) atoms. The van der Waals surface area contributed by atoms with Crippen LogP contribution < -0.4 is 0 Å². The average molecular weight is 1150 g/mol. The quantitative estimate of drug-likeness (QED) is 0.0261. The second kappa shape index (κ2) is 70.0. The summed E-state index contributed by atoms with van der Waals surface area (Å²) in [7, 11) is 0. The van der Waals surface area contributed by atoms with Gasteiger partial charge in [-0.3, -0.25) is 14.4 Å². The molecule has 0 saturated heterocycles. The van der Waals surface area contributed by atoms with Crippen molar-refractivity contribution in [3.63, 3.8) is 0 Å². The summed E-state index contributed by atoms with van der Waals surface area (Å²) in [6, 6.07) is 0. The first kappa shape index (κ1) is 78.5. The molecule has 1 atom stereocenters. The van der Waals surface area contributed by atoms with Gasteiger partial charge in [-0.1, -0.05) is 309 Å². The summed E-state index contributed by atoms with van der Waals surface area (Å²) >= 11 is 0. The minimum Gasteiger partial charge on any atom is -0.462 e. The molecule has 0 heterocycles. The van der Waals surface area contributed by atoms with Gasteiger partial charge in [0.15, 0.2) is 6.10 Å². The molecule has 6 nitrogen and oxygen atoms in total. The molecule has 0 aliphatic heterocycles. The van der Waals surface area contributed by atoms with Gasteiger partial charge in [0.25, 0.3) is 0 Å². The lowest BCUT2D eigenvalue weighted by Crippen LogP contribution is -2.30. The minimum atomic E-state index is -0.803. The van der Waals surface area contributed by atoms with Gasteiger partial charge < -0.3 is 14.2 Å². The lowest BCUT2D eigenvalue weighted by molar-refractivity contribution is -0.167. The van der Waals surface area contributed by atoms with Crippen LogP contribution in [0, 0.1) is 0 Å². The predicted octanol–water partition coefficient (Wildman–Crippen LogP) is 24.1. The van der Waals surface area contributed by atoms with E-state index in [1.807, 2.05) is 0 Å².